The third-order valence-corrected chi connectivity index (χ3v) is 6.91. The van der Waals surface area contributed by atoms with Crippen molar-refractivity contribution in [2.24, 2.45) is 0 Å². The fourth-order valence-electron chi connectivity index (χ4n) is 4.43. The van der Waals surface area contributed by atoms with Crippen LogP contribution in [0.25, 0.3) is 0 Å². The molecule has 1 unspecified atom stereocenters. The van der Waals surface area contributed by atoms with E-state index in [2.05, 4.69) is 18.2 Å². The second-order valence-electron chi connectivity index (χ2n) is 8.06. The van der Waals surface area contributed by atoms with Crippen LogP contribution in [0.2, 0.25) is 10.0 Å². The second-order valence-corrected chi connectivity index (χ2v) is 8.81. The maximum atomic E-state index is 13.4. The number of benzene rings is 2. The van der Waals surface area contributed by atoms with Gasteiger partial charge in [0.25, 0.3) is 0 Å². The van der Waals surface area contributed by atoms with Crippen molar-refractivity contribution in [1.82, 2.24) is 0 Å². The standard InChI is InChI=1S/C23H22Cl2O4/c1-23(16-8-7-13-4-2-5-14(13)10-16)12-15-11-17(29-9-3-6-18(26)27)20(24)21(25)19(15)22(23)28/h7-8,10-11H,2-6,9,12H2,1H3,(H,26,27). The molecule has 4 rings (SSSR count). The number of carboxylic acid groups (broad SMARTS) is 1. The Morgan fingerprint density at radius 3 is 2.66 bits per heavy atom. The van der Waals surface area contributed by atoms with Gasteiger partial charge >= 0.3 is 5.97 Å². The summed E-state index contributed by atoms with van der Waals surface area (Å²) in [4.78, 5) is 24.0. The van der Waals surface area contributed by atoms with Crippen molar-refractivity contribution in [3.63, 3.8) is 0 Å². The molecule has 0 saturated heterocycles. The monoisotopic (exact) mass is 432 g/mol. The lowest BCUT2D eigenvalue weighted by molar-refractivity contribution is -0.137. The maximum absolute atomic E-state index is 13.4. The van der Waals surface area contributed by atoms with Gasteiger partial charge in [0.1, 0.15) is 10.8 Å². The molecular formula is C23H22Cl2O4. The highest BCUT2D eigenvalue weighted by Crippen LogP contribution is 2.47. The van der Waals surface area contributed by atoms with E-state index in [0.717, 1.165) is 30.4 Å². The highest BCUT2D eigenvalue weighted by molar-refractivity contribution is 6.45. The number of Topliss-reactive ketones (excluding diaryl/α,β-unsaturated/α-hetero) is 1. The molecular weight excluding hydrogens is 411 g/mol. The van der Waals surface area contributed by atoms with Gasteiger partial charge in [-0.25, -0.2) is 0 Å². The number of aryl methyl sites for hydroxylation is 2. The number of carboxylic acids is 1. The Morgan fingerprint density at radius 2 is 1.90 bits per heavy atom. The van der Waals surface area contributed by atoms with Gasteiger partial charge < -0.3 is 9.84 Å². The minimum atomic E-state index is -0.873. The zero-order chi connectivity index (χ0) is 20.8. The number of ketones is 1. The molecule has 1 atom stereocenters. The number of fused-ring (bicyclic) bond motifs is 2. The molecule has 0 amide bonds. The van der Waals surface area contributed by atoms with Gasteiger partial charge in [-0.1, -0.05) is 41.4 Å². The van der Waals surface area contributed by atoms with Crippen LogP contribution in [0.3, 0.4) is 0 Å². The highest BCUT2D eigenvalue weighted by atomic mass is 35.5. The van der Waals surface area contributed by atoms with Crippen LogP contribution in [0.15, 0.2) is 24.3 Å². The molecule has 2 aliphatic carbocycles. The highest BCUT2D eigenvalue weighted by Gasteiger charge is 2.45. The topological polar surface area (TPSA) is 63.6 Å². The molecule has 4 nitrogen and oxygen atoms in total. The zero-order valence-electron chi connectivity index (χ0n) is 16.2. The molecule has 6 heteroatoms. The summed E-state index contributed by atoms with van der Waals surface area (Å²) >= 11 is 12.9. The zero-order valence-corrected chi connectivity index (χ0v) is 17.7. The molecule has 2 aromatic carbocycles. The van der Waals surface area contributed by atoms with E-state index in [-0.39, 0.29) is 28.9 Å². The normalized spacial score (nSPS) is 19.9. The van der Waals surface area contributed by atoms with Crippen LogP contribution in [0.5, 0.6) is 5.75 Å². The van der Waals surface area contributed by atoms with Crippen LogP contribution in [0, 0.1) is 0 Å². The van der Waals surface area contributed by atoms with Crippen LogP contribution in [0.1, 0.15) is 58.8 Å². The largest absolute Gasteiger partial charge is 0.492 e. The Kier molecular flexibility index (Phi) is 5.34. The van der Waals surface area contributed by atoms with E-state index >= 15 is 0 Å². The molecule has 0 bridgehead atoms. The molecule has 0 fully saturated rings. The van der Waals surface area contributed by atoms with Gasteiger partial charge in [-0.2, -0.15) is 0 Å². The number of aliphatic carboxylic acids is 1. The number of hydrogen-bond donors (Lipinski definition) is 1. The van der Waals surface area contributed by atoms with Gasteiger partial charge in [-0.05, 0) is 67.3 Å². The van der Waals surface area contributed by atoms with Crippen LogP contribution in [-0.4, -0.2) is 23.5 Å². The SMILES string of the molecule is CC1(c2ccc3c(c2)CCC3)Cc2cc(OCCCC(=O)O)c(Cl)c(Cl)c2C1=O. The summed E-state index contributed by atoms with van der Waals surface area (Å²) in [6.07, 6.45) is 4.24. The maximum Gasteiger partial charge on any atom is 0.303 e. The van der Waals surface area contributed by atoms with Crippen molar-refractivity contribution in [2.45, 2.75) is 50.9 Å². The van der Waals surface area contributed by atoms with Crippen LogP contribution in [-0.2, 0) is 29.5 Å². The van der Waals surface area contributed by atoms with Crippen molar-refractivity contribution in [2.75, 3.05) is 6.61 Å². The Bertz CT molecular complexity index is 1010. The molecule has 0 radical (unpaired) electrons. The van der Waals surface area contributed by atoms with Gasteiger partial charge in [0.2, 0.25) is 0 Å². The first kappa shape index (κ1) is 20.2. The summed E-state index contributed by atoms with van der Waals surface area (Å²) in [6, 6.07) is 8.16. The second kappa shape index (κ2) is 7.66. The Hall–Kier alpha value is -2.04. The van der Waals surface area contributed by atoms with E-state index in [9.17, 15) is 9.59 Å². The average molecular weight is 433 g/mol. The number of halogens is 2. The molecule has 29 heavy (non-hydrogen) atoms. The lowest BCUT2D eigenvalue weighted by Gasteiger charge is -2.23. The summed E-state index contributed by atoms with van der Waals surface area (Å²) in [7, 11) is 0. The molecule has 0 heterocycles. The minimum Gasteiger partial charge on any atom is -0.492 e. The van der Waals surface area contributed by atoms with Crippen molar-refractivity contribution in [3.05, 3.63) is 62.1 Å². The third-order valence-electron chi connectivity index (χ3n) is 6.06. The van der Waals surface area contributed by atoms with E-state index in [1.165, 1.54) is 11.1 Å². The van der Waals surface area contributed by atoms with E-state index in [1.807, 2.05) is 6.92 Å². The number of carbonyl (C=O) groups excluding carboxylic acids is 1. The van der Waals surface area contributed by atoms with E-state index in [4.69, 9.17) is 33.0 Å². The van der Waals surface area contributed by atoms with Gasteiger partial charge in [-0.3, -0.25) is 9.59 Å². The minimum absolute atomic E-state index is 0.0187. The lowest BCUT2D eigenvalue weighted by atomic mass is 9.78. The molecule has 0 saturated carbocycles. The number of rotatable bonds is 6. The lowest BCUT2D eigenvalue weighted by Crippen LogP contribution is -2.29. The van der Waals surface area contributed by atoms with Gasteiger partial charge in [0.05, 0.1) is 17.0 Å². The Balaban J connectivity index is 1.63. The average Bonchev–Trinajstić information content (AvgIpc) is 3.25. The Morgan fingerprint density at radius 1 is 1.14 bits per heavy atom. The summed E-state index contributed by atoms with van der Waals surface area (Å²) < 4.78 is 5.67. The summed E-state index contributed by atoms with van der Waals surface area (Å²) in [5.74, 6) is -0.496. The van der Waals surface area contributed by atoms with Crippen molar-refractivity contribution in [1.29, 1.82) is 0 Å². The van der Waals surface area contributed by atoms with Crippen molar-refractivity contribution in [3.8, 4) is 5.75 Å². The molecule has 1 N–H and O–H groups in total. The van der Waals surface area contributed by atoms with Crippen LogP contribution < -0.4 is 4.74 Å². The fraction of sp³-hybridized carbons (Fsp3) is 0.391. The van der Waals surface area contributed by atoms with Crippen LogP contribution in [0.4, 0.5) is 0 Å². The predicted octanol–water partition coefficient (Wildman–Crippen LogP) is 5.42. The van der Waals surface area contributed by atoms with Crippen LogP contribution >= 0.6 is 23.2 Å². The molecule has 0 aliphatic heterocycles. The van der Waals surface area contributed by atoms with Gasteiger partial charge in [0.15, 0.2) is 5.78 Å². The molecule has 2 aromatic rings. The molecule has 0 aromatic heterocycles. The molecule has 152 valence electrons. The van der Waals surface area contributed by atoms with Crippen molar-refractivity contribution < 1.29 is 19.4 Å². The fourth-order valence-corrected chi connectivity index (χ4v) is 4.94. The first-order valence-corrected chi connectivity index (χ1v) is 10.6. The Labute approximate surface area is 179 Å². The number of hydrogen-bond acceptors (Lipinski definition) is 3. The van der Waals surface area contributed by atoms with E-state index < -0.39 is 11.4 Å². The van der Waals surface area contributed by atoms with Gasteiger partial charge in [0, 0.05) is 12.0 Å². The summed E-state index contributed by atoms with van der Waals surface area (Å²) in [6.45, 7) is 2.18. The number of carbonyl (C=O) groups is 2. The quantitative estimate of drug-likeness (QED) is 0.618. The summed E-state index contributed by atoms with van der Waals surface area (Å²) in [5, 5.41) is 9.17. The van der Waals surface area contributed by atoms with E-state index in [0.29, 0.717) is 24.2 Å². The summed E-state index contributed by atoms with van der Waals surface area (Å²) in [5.41, 5.74) is 4.32. The van der Waals surface area contributed by atoms with Crippen molar-refractivity contribution >= 4 is 35.0 Å². The first-order chi connectivity index (χ1) is 13.8. The number of ether oxygens (including phenoxy) is 1. The molecule has 0 spiro atoms. The first-order valence-electron chi connectivity index (χ1n) is 9.84. The smallest absolute Gasteiger partial charge is 0.303 e. The van der Waals surface area contributed by atoms with Gasteiger partial charge in [-0.15, -0.1) is 0 Å². The molecule has 2 aliphatic rings. The third kappa shape index (κ3) is 3.53. The predicted molar refractivity (Wildman–Crippen MR) is 113 cm³/mol. The van der Waals surface area contributed by atoms with E-state index in [1.54, 1.807) is 6.07 Å².